The molecule has 1 atom stereocenters. The topological polar surface area (TPSA) is 91.1 Å². The number of nitrogens with one attached hydrogen (secondary N) is 1. The van der Waals surface area contributed by atoms with Crippen LogP contribution in [0, 0.1) is 3.57 Å². The van der Waals surface area contributed by atoms with Crippen molar-refractivity contribution in [1.29, 1.82) is 0 Å². The number of carbonyl (C=O) groups excluding carboxylic acids is 1. The molecule has 1 aromatic carbocycles. The minimum absolute atomic E-state index is 0.0294. The third-order valence-electron chi connectivity index (χ3n) is 2.79. The van der Waals surface area contributed by atoms with Crippen molar-refractivity contribution in [3.8, 4) is 0 Å². The van der Waals surface area contributed by atoms with Crippen molar-refractivity contribution in [2.45, 2.75) is 17.8 Å². The number of amides is 1. The summed E-state index contributed by atoms with van der Waals surface area (Å²) in [6.45, 7) is 0. The van der Waals surface area contributed by atoms with Gasteiger partial charge < -0.3 is 10.4 Å². The van der Waals surface area contributed by atoms with E-state index in [2.05, 4.69) is 15.5 Å². The lowest BCUT2D eigenvalue weighted by Crippen LogP contribution is -2.26. The van der Waals surface area contributed by atoms with Gasteiger partial charge in [-0.25, -0.2) is 0 Å². The molecule has 11 heteroatoms. The Morgan fingerprint density at radius 1 is 1.46 bits per heavy atom. The molecule has 1 heterocycles. The van der Waals surface area contributed by atoms with Gasteiger partial charge in [-0.2, -0.15) is 18.3 Å². The van der Waals surface area contributed by atoms with Crippen molar-refractivity contribution in [3.05, 3.63) is 32.9 Å². The van der Waals surface area contributed by atoms with Gasteiger partial charge in [0, 0.05) is 3.57 Å². The van der Waals surface area contributed by atoms with Crippen molar-refractivity contribution in [2.24, 2.45) is 10.2 Å². The van der Waals surface area contributed by atoms with Crippen LogP contribution < -0.4 is 5.32 Å². The Labute approximate surface area is 151 Å². The third kappa shape index (κ3) is 4.93. The number of rotatable bonds is 4. The van der Waals surface area contributed by atoms with Crippen LogP contribution in [0.4, 0.5) is 13.2 Å². The molecule has 1 unspecified atom stereocenters. The number of amidine groups is 1. The third-order valence-corrected chi connectivity index (χ3v) is 4.76. The summed E-state index contributed by atoms with van der Waals surface area (Å²) in [6.07, 6.45) is -3.51. The van der Waals surface area contributed by atoms with E-state index < -0.39 is 28.9 Å². The number of thioether (sulfide) groups is 1. The highest BCUT2D eigenvalue weighted by Gasteiger charge is 2.33. The first-order chi connectivity index (χ1) is 11.2. The number of alkyl halides is 3. The van der Waals surface area contributed by atoms with Gasteiger partial charge in [0.2, 0.25) is 5.91 Å². The lowest BCUT2D eigenvalue weighted by atomic mass is 10.1. The number of hydrogen-bond donors (Lipinski definition) is 2. The van der Waals surface area contributed by atoms with Crippen LogP contribution in [0.5, 0.6) is 0 Å². The van der Waals surface area contributed by atoms with Crippen LogP contribution in [0.25, 0.3) is 0 Å². The molecule has 2 N–H and O–H groups in total. The molecule has 128 valence electrons. The minimum atomic E-state index is -4.42. The molecule has 1 amide bonds. The number of hydrogen-bond acceptors (Lipinski definition) is 5. The van der Waals surface area contributed by atoms with Gasteiger partial charge in [0.1, 0.15) is 5.25 Å². The second-order valence-electron chi connectivity index (χ2n) is 4.58. The van der Waals surface area contributed by atoms with Crippen molar-refractivity contribution in [2.75, 3.05) is 0 Å². The standard InChI is InChI=1S/C13H9F3IN3O3S/c14-13(15,16)7-2-1-6(3-8(7)17)5-18-20-12-19-11(23)9(24-12)4-10(21)22/h1-3,5,9H,4H2,(H,21,22)(H,19,20,23). The molecule has 0 saturated carbocycles. The quantitative estimate of drug-likeness (QED) is 0.402. The number of halogens is 4. The zero-order chi connectivity index (χ0) is 17.9. The summed E-state index contributed by atoms with van der Waals surface area (Å²) in [5, 5.41) is 17.8. The van der Waals surface area contributed by atoms with Gasteiger partial charge in [-0.15, -0.1) is 5.10 Å². The summed E-state index contributed by atoms with van der Waals surface area (Å²) >= 11 is 2.52. The van der Waals surface area contributed by atoms with E-state index in [1.807, 2.05) is 0 Å². The van der Waals surface area contributed by atoms with E-state index in [1.165, 1.54) is 18.3 Å². The molecule has 1 saturated heterocycles. The van der Waals surface area contributed by atoms with Crippen LogP contribution in [0.3, 0.4) is 0 Å². The summed E-state index contributed by atoms with van der Waals surface area (Å²) in [6, 6.07) is 3.51. The number of nitrogens with zero attached hydrogens (tertiary/aromatic N) is 2. The fourth-order valence-electron chi connectivity index (χ4n) is 1.73. The average molecular weight is 471 g/mol. The highest BCUT2D eigenvalue weighted by molar-refractivity contribution is 14.1. The molecule has 0 spiro atoms. The maximum absolute atomic E-state index is 12.7. The summed E-state index contributed by atoms with van der Waals surface area (Å²) in [7, 11) is 0. The zero-order valence-corrected chi connectivity index (χ0v) is 14.6. The maximum Gasteiger partial charge on any atom is 0.417 e. The zero-order valence-electron chi connectivity index (χ0n) is 11.7. The fourth-order valence-corrected chi connectivity index (χ4v) is 3.50. The van der Waals surface area contributed by atoms with Crippen LogP contribution in [0.1, 0.15) is 17.5 Å². The predicted molar refractivity (Wildman–Crippen MR) is 91.0 cm³/mol. The van der Waals surface area contributed by atoms with Crippen molar-refractivity contribution in [1.82, 2.24) is 5.32 Å². The molecule has 1 aliphatic heterocycles. The van der Waals surface area contributed by atoms with Gasteiger partial charge in [0.15, 0.2) is 5.17 Å². The second kappa shape index (κ2) is 7.51. The Hall–Kier alpha value is -1.63. The number of benzene rings is 1. The largest absolute Gasteiger partial charge is 0.481 e. The molecule has 1 aliphatic rings. The van der Waals surface area contributed by atoms with Crippen molar-refractivity contribution in [3.63, 3.8) is 0 Å². The molecule has 1 fully saturated rings. The molecule has 0 aromatic heterocycles. The van der Waals surface area contributed by atoms with Crippen molar-refractivity contribution < 1.29 is 27.9 Å². The molecule has 0 bridgehead atoms. The van der Waals surface area contributed by atoms with Crippen molar-refractivity contribution >= 4 is 57.6 Å². The monoisotopic (exact) mass is 471 g/mol. The molecule has 1 aromatic rings. The lowest BCUT2D eigenvalue weighted by Gasteiger charge is -2.08. The summed E-state index contributed by atoms with van der Waals surface area (Å²) in [4.78, 5) is 22.1. The SMILES string of the molecule is O=C(O)CC1SC(=NN=Cc2ccc(C(F)(F)F)c(I)c2)NC1=O. The van der Waals surface area contributed by atoms with Gasteiger partial charge in [0.25, 0.3) is 0 Å². The van der Waals surface area contributed by atoms with Gasteiger partial charge in [-0.1, -0.05) is 17.8 Å². The summed E-state index contributed by atoms with van der Waals surface area (Å²) in [5.74, 6) is -1.58. The first-order valence-electron chi connectivity index (χ1n) is 6.34. The predicted octanol–water partition coefficient (Wildman–Crippen LogP) is 2.71. The van der Waals surface area contributed by atoms with E-state index in [1.54, 1.807) is 22.6 Å². The Morgan fingerprint density at radius 3 is 2.75 bits per heavy atom. The van der Waals surface area contributed by atoms with Crippen LogP contribution in [-0.4, -0.2) is 33.6 Å². The van der Waals surface area contributed by atoms with Crippen LogP contribution in [0.15, 0.2) is 28.4 Å². The molecule has 0 radical (unpaired) electrons. The van der Waals surface area contributed by atoms with E-state index in [0.717, 1.165) is 17.8 Å². The Balaban J connectivity index is 2.06. The molecular formula is C13H9F3IN3O3S. The highest BCUT2D eigenvalue weighted by atomic mass is 127. The Bertz CT molecular complexity index is 737. The van der Waals surface area contributed by atoms with Gasteiger partial charge >= 0.3 is 12.1 Å². The van der Waals surface area contributed by atoms with E-state index in [4.69, 9.17) is 5.11 Å². The maximum atomic E-state index is 12.7. The Kier molecular flexibility index (Phi) is 5.85. The number of carboxylic acids is 1. The van der Waals surface area contributed by atoms with Gasteiger partial charge in [-0.05, 0) is 40.3 Å². The smallest absolute Gasteiger partial charge is 0.417 e. The number of carboxylic acid groups (broad SMARTS) is 1. The van der Waals surface area contributed by atoms with Gasteiger partial charge in [0.05, 0.1) is 18.2 Å². The van der Waals surface area contributed by atoms with Crippen LogP contribution >= 0.6 is 34.4 Å². The fraction of sp³-hybridized carbons (Fsp3) is 0.231. The summed E-state index contributed by atoms with van der Waals surface area (Å²) < 4.78 is 38.0. The minimum Gasteiger partial charge on any atom is -0.481 e. The van der Waals surface area contributed by atoms with E-state index in [0.29, 0.717) is 5.56 Å². The molecule has 6 nitrogen and oxygen atoms in total. The molecule has 24 heavy (non-hydrogen) atoms. The number of carbonyl (C=O) groups is 2. The highest BCUT2D eigenvalue weighted by Crippen LogP contribution is 2.32. The lowest BCUT2D eigenvalue weighted by molar-refractivity contribution is -0.139. The van der Waals surface area contributed by atoms with E-state index >= 15 is 0 Å². The Morgan fingerprint density at radius 2 is 2.17 bits per heavy atom. The second-order valence-corrected chi connectivity index (χ2v) is 6.93. The van der Waals surface area contributed by atoms with Gasteiger partial charge in [-0.3, -0.25) is 9.59 Å². The molecular weight excluding hydrogens is 462 g/mol. The summed E-state index contributed by atoms with van der Waals surface area (Å²) in [5.41, 5.74) is -0.324. The first kappa shape index (κ1) is 18.7. The average Bonchev–Trinajstić information content (AvgIpc) is 2.77. The number of aliphatic carboxylic acids is 1. The normalized spacial score (nSPS) is 19.9. The van der Waals surface area contributed by atoms with Crippen LogP contribution in [-0.2, 0) is 15.8 Å². The van der Waals surface area contributed by atoms with E-state index in [9.17, 15) is 22.8 Å². The van der Waals surface area contributed by atoms with E-state index in [-0.39, 0.29) is 15.2 Å². The first-order valence-corrected chi connectivity index (χ1v) is 8.30. The molecule has 2 rings (SSSR count). The van der Waals surface area contributed by atoms with Crippen LogP contribution in [0.2, 0.25) is 0 Å². The molecule has 0 aliphatic carbocycles.